The Bertz CT molecular complexity index is 1330. The fourth-order valence-electron chi connectivity index (χ4n) is 4.41. The van der Waals surface area contributed by atoms with E-state index in [-0.39, 0.29) is 12.4 Å². The quantitative estimate of drug-likeness (QED) is 0.249. The van der Waals surface area contributed by atoms with Gasteiger partial charge in [-0.15, -0.1) is 0 Å². The first kappa shape index (κ1) is 25.9. The van der Waals surface area contributed by atoms with E-state index in [2.05, 4.69) is 15.0 Å². The summed E-state index contributed by atoms with van der Waals surface area (Å²) in [5, 5.41) is 4.21. The van der Waals surface area contributed by atoms with Crippen molar-refractivity contribution in [3.05, 3.63) is 107 Å². The molecule has 4 aromatic rings. The van der Waals surface area contributed by atoms with E-state index in [0.717, 1.165) is 55.1 Å². The molecule has 198 valence electrons. The van der Waals surface area contributed by atoms with Gasteiger partial charge in [0.05, 0.1) is 11.3 Å². The zero-order valence-electron chi connectivity index (χ0n) is 20.6. The molecule has 38 heavy (non-hydrogen) atoms. The summed E-state index contributed by atoms with van der Waals surface area (Å²) < 4.78 is 63.3. The topological polar surface area (TPSA) is 41.7 Å². The number of benzene rings is 3. The van der Waals surface area contributed by atoms with Gasteiger partial charge in [0.1, 0.15) is 18.2 Å². The SMILES string of the molecule is Fc1ccccc1COc1ccc(-c2cc(CN3CCN(Cc4ccc(C(F)(F)F)cc4)CC3)no2)cc1. The second-order valence-electron chi connectivity index (χ2n) is 9.33. The number of hydrogen-bond acceptors (Lipinski definition) is 5. The Kier molecular flexibility index (Phi) is 7.76. The third kappa shape index (κ3) is 6.59. The first-order valence-electron chi connectivity index (χ1n) is 12.4. The van der Waals surface area contributed by atoms with Gasteiger partial charge < -0.3 is 9.26 Å². The van der Waals surface area contributed by atoms with Gasteiger partial charge >= 0.3 is 6.18 Å². The molecule has 0 bridgehead atoms. The first-order chi connectivity index (χ1) is 18.3. The maximum Gasteiger partial charge on any atom is 0.416 e. The molecule has 0 radical (unpaired) electrons. The molecule has 0 amide bonds. The molecule has 1 aliphatic heterocycles. The maximum atomic E-state index is 13.8. The highest BCUT2D eigenvalue weighted by molar-refractivity contribution is 5.58. The largest absolute Gasteiger partial charge is 0.489 e. The molecule has 0 unspecified atom stereocenters. The van der Waals surface area contributed by atoms with E-state index in [1.807, 2.05) is 30.3 Å². The van der Waals surface area contributed by atoms with Crippen LogP contribution in [0.25, 0.3) is 11.3 Å². The number of hydrogen-bond donors (Lipinski definition) is 0. The second-order valence-corrected chi connectivity index (χ2v) is 9.33. The van der Waals surface area contributed by atoms with E-state index < -0.39 is 11.7 Å². The Labute approximate surface area is 218 Å². The number of nitrogens with zero attached hydrogens (tertiary/aromatic N) is 3. The third-order valence-electron chi connectivity index (χ3n) is 6.59. The van der Waals surface area contributed by atoms with Gasteiger partial charge in [-0.1, -0.05) is 35.5 Å². The third-order valence-corrected chi connectivity index (χ3v) is 6.59. The lowest BCUT2D eigenvalue weighted by Gasteiger charge is -2.34. The number of halogens is 4. The van der Waals surface area contributed by atoms with Crippen LogP contribution in [0, 0.1) is 5.82 Å². The zero-order valence-corrected chi connectivity index (χ0v) is 20.6. The smallest absolute Gasteiger partial charge is 0.416 e. The van der Waals surface area contributed by atoms with Crippen LogP contribution in [0.2, 0.25) is 0 Å². The average Bonchev–Trinajstić information content (AvgIpc) is 3.38. The van der Waals surface area contributed by atoms with Gasteiger partial charge in [-0.05, 0) is 48.0 Å². The highest BCUT2D eigenvalue weighted by atomic mass is 19.4. The Balaban J connectivity index is 1.09. The lowest BCUT2D eigenvalue weighted by molar-refractivity contribution is -0.137. The van der Waals surface area contributed by atoms with Crippen molar-refractivity contribution in [3.63, 3.8) is 0 Å². The number of rotatable bonds is 8. The summed E-state index contributed by atoms with van der Waals surface area (Å²) in [6.07, 6.45) is -4.31. The van der Waals surface area contributed by atoms with Gasteiger partial charge in [-0.2, -0.15) is 13.2 Å². The van der Waals surface area contributed by atoms with E-state index >= 15 is 0 Å². The van der Waals surface area contributed by atoms with E-state index in [9.17, 15) is 17.6 Å². The van der Waals surface area contributed by atoms with Crippen LogP contribution in [0.4, 0.5) is 17.6 Å². The van der Waals surface area contributed by atoms with Gasteiger partial charge in [0.25, 0.3) is 0 Å². The zero-order chi connectivity index (χ0) is 26.5. The van der Waals surface area contributed by atoms with Crippen molar-refractivity contribution < 1.29 is 26.8 Å². The highest BCUT2D eigenvalue weighted by Gasteiger charge is 2.30. The standard InChI is InChI=1S/C29H27F4N3O2/c30-27-4-2-1-3-23(27)20-37-26-11-7-22(8-12-26)28-17-25(34-38-28)19-36-15-13-35(14-16-36)18-21-5-9-24(10-6-21)29(31,32)33/h1-12,17H,13-16,18-20H2. The minimum atomic E-state index is -4.31. The predicted octanol–water partition coefficient (Wildman–Crippen LogP) is 6.40. The fourth-order valence-corrected chi connectivity index (χ4v) is 4.41. The van der Waals surface area contributed by atoms with Crippen molar-refractivity contribution in [3.8, 4) is 17.1 Å². The summed E-state index contributed by atoms with van der Waals surface area (Å²) in [5.41, 5.74) is 2.44. The Morgan fingerprint density at radius 3 is 2.13 bits per heavy atom. The van der Waals surface area contributed by atoms with E-state index in [1.54, 1.807) is 30.3 Å². The molecular formula is C29H27F4N3O2. The van der Waals surface area contributed by atoms with Crippen molar-refractivity contribution in [1.29, 1.82) is 0 Å². The first-order valence-corrected chi connectivity index (χ1v) is 12.4. The van der Waals surface area contributed by atoms with Gasteiger partial charge in [0, 0.05) is 56.5 Å². The van der Waals surface area contributed by atoms with Crippen LogP contribution in [0.5, 0.6) is 5.75 Å². The molecule has 1 fully saturated rings. The van der Waals surface area contributed by atoms with Crippen molar-refractivity contribution >= 4 is 0 Å². The molecule has 0 aliphatic carbocycles. The Morgan fingerprint density at radius 2 is 1.47 bits per heavy atom. The van der Waals surface area contributed by atoms with Gasteiger partial charge in [-0.3, -0.25) is 9.80 Å². The summed E-state index contributed by atoms with van der Waals surface area (Å²) in [7, 11) is 0. The van der Waals surface area contributed by atoms with Crippen LogP contribution < -0.4 is 4.74 Å². The molecule has 1 aliphatic rings. The van der Waals surface area contributed by atoms with Gasteiger partial charge in [0.2, 0.25) is 0 Å². The number of alkyl halides is 3. The van der Waals surface area contributed by atoms with Crippen LogP contribution in [0.1, 0.15) is 22.4 Å². The van der Waals surface area contributed by atoms with Crippen molar-refractivity contribution in [2.24, 2.45) is 0 Å². The molecular weight excluding hydrogens is 498 g/mol. The van der Waals surface area contributed by atoms with Crippen molar-refractivity contribution in [1.82, 2.24) is 15.0 Å². The molecule has 5 nitrogen and oxygen atoms in total. The van der Waals surface area contributed by atoms with Crippen LogP contribution in [0.15, 0.2) is 83.4 Å². The molecule has 3 aromatic carbocycles. The molecule has 9 heteroatoms. The molecule has 0 saturated carbocycles. The lowest BCUT2D eigenvalue weighted by Crippen LogP contribution is -2.45. The van der Waals surface area contributed by atoms with Crippen molar-refractivity contribution in [2.45, 2.75) is 25.9 Å². The fraction of sp³-hybridized carbons (Fsp3) is 0.276. The minimum absolute atomic E-state index is 0.149. The van der Waals surface area contributed by atoms with E-state index in [4.69, 9.17) is 9.26 Å². The van der Waals surface area contributed by atoms with Crippen LogP contribution in [-0.4, -0.2) is 41.1 Å². The lowest BCUT2D eigenvalue weighted by atomic mass is 10.1. The molecule has 1 aromatic heterocycles. The highest BCUT2D eigenvalue weighted by Crippen LogP contribution is 2.29. The second kappa shape index (κ2) is 11.4. The van der Waals surface area contributed by atoms with Crippen LogP contribution in [-0.2, 0) is 25.9 Å². The minimum Gasteiger partial charge on any atom is -0.489 e. The van der Waals surface area contributed by atoms with Gasteiger partial charge in [-0.25, -0.2) is 4.39 Å². The number of ether oxygens (including phenoxy) is 1. The van der Waals surface area contributed by atoms with Crippen LogP contribution in [0.3, 0.4) is 0 Å². The maximum absolute atomic E-state index is 13.8. The summed E-state index contributed by atoms with van der Waals surface area (Å²) in [4.78, 5) is 4.52. The summed E-state index contributed by atoms with van der Waals surface area (Å²) in [5.74, 6) is 0.992. The summed E-state index contributed by atoms with van der Waals surface area (Å²) >= 11 is 0. The Morgan fingerprint density at radius 1 is 0.816 bits per heavy atom. The molecule has 5 rings (SSSR count). The van der Waals surface area contributed by atoms with Gasteiger partial charge in [0.15, 0.2) is 5.76 Å². The average molecular weight is 526 g/mol. The summed E-state index contributed by atoms with van der Waals surface area (Å²) in [6, 6.07) is 21.2. The van der Waals surface area contributed by atoms with Crippen LogP contribution >= 0.6 is 0 Å². The number of aromatic nitrogens is 1. The van der Waals surface area contributed by atoms with E-state index in [0.29, 0.717) is 30.2 Å². The van der Waals surface area contributed by atoms with E-state index in [1.165, 1.54) is 6.07 Å². The molecule has 0 N–H and O–H groups in total. The normalized spacial score (nSPS) is 15.1. The molecule has 1 saturated heterocycles. The molecule has 2 heterocycles. The molecule has 0 atom stereocenters. The van der Waals surface area contributed by atoms with Crippen molar-refractivity contribution in [2.75, 3.05) is 26.2 Å². The Hall–Kier alpha value is -3.69. The number of piperazine rings is 1. The predicted molar refractivity (Wildman–Crippen MR) is 135 cm³/mol. The molecule has 0 spiro atoms. The summed E-state index contributed by atoms with van der Waals surface area (Å²) in [6.45, 7) is 4.73. The monoisotopic (exact) mass is 525 g/mol.